The van der Waals surface area contributed by atoms with Crippen LogP contribution >= 0.6 is 11.3 Å². The van der Waals surface area contributed by atoms with Crippen molar-refractivity contribution < 1.29 is 23.4 Å². The van der Waals surface area contributed by atoms with Gasteiger partial charge in [0.15, 0.2) is 16.9 Å². The Hall–Kier alpha value is -3.92. The number of ether oxygens (including phenoxy) is 3. The number of nitrogens with zero attached hydrogens (tertiary/aromatic N) is 3. The SMILES string of the molecule is COc1cc([C@@H]2c3c(oc4ccc(C)cc4c3=O)C(=O)N2c2nnc(C)s2)cc(OC)c1OC. The van der Waals surface area contributed by atoms with E-state index in [1.807, 2.05) is 13.0 Å². The van der Waals surface area contributed by atoms with Crippen LogP contribution < -0.4 is 24.5 Å². The van der Waals surface area contributed by atoms with E-state index in [0.717, 1.165) is 5.56 Å². The fraction of sp³-hybridized carbons (Fsp3) is 0.250. The Morgan fingerprint density at radius 3 is 2.26 bits per heavy atom. The van der Waals surface area contributed by atoms with Crippen molar-refractivity contribution in [3.63, 3.8) is 0 Å². The minimum atomic E-state index is -0.829. The number of carbonyl (C=O) groups is 1. The number of rotatable bonds is 5. The first-order valence-electron chi connectivity index (χ1n) is 10.4. The summed E-state index contributed by atoms with van der Waals surface area (Å²) in [6.45, 7) is 3.69. The monoisotopic (exact) mass is 479 g/mol. The summed E-state index contributed by atoms with van der Waals surface area (Å²) in [5.41, 5.74) is 1.78. The number of hydrogen-bond acceptors (Lipinski definition) is 9. The molecule has 3 heterocycles. The molecule has 0 saturated heterocycles. The van der Waals surface area contributed by atoms with Crippen LogP contribution in [0.1, 0.15) is 38.3 Å². The summed E-state index contributed by atoms with van der Waals surface area (Å²) in [5.74, 6) is 0.703. The molecule has 0 spiro atoms. The molecule has 0 N–H and O–H groups in total. The van der Waals surface area contributed by atoms with Gasteiger partial charge in [0.05, 0.1) is 38.3 Å². The van der Waals surface area contributed by atoms with Gasteiger partial charge in [0.1, 0.15) is 10.6 Å². The molecule has 1 amide bonds. The molecule has 2 aromatic carbocycles. The molecule has 174 valence electrons. The van der Waals surface area contributed by atoms with Gasteiger partial charge in [-0.1, -0.05) is 23.0 Å². The van der Waals surface area contributed by atoms with Gasteiger partial charge in [-0.05, 0) is 43.7 Å². The molecule has 0 unspecified atom stereocenters. The van der Waals surface area contributed by atoms with Crippen molar-refractivity contribution in [3.05, 3.63) is 68.0 Å². The summed E-state index contributed by atoms with van der Waals surface area (Å²) in [4.78, 5) is 28.8. The molecule has 0 bridgehead atoms. The highest BCUT2D eigenvalue weighted by molar-refractivity contribution is 7.15. The zero-order chi connectivity index (χ0) is 24.1. The van der Waals surface area contributed by atoms with Gasteiger partial charge in [-0.15, -0.1) is 10.2 Å². The van der Waals surface area contributed by atoms with Crippen molar-refractivity contribution >= 4 is 33.3 Å². The summed E-state index contributed by atoms with van der Waals surface area (Å²) < 4.78 is 22.5. The van der Waals surface area contributed by atoms with Crippen LogP contribution in [-0.4, -0.2) is 37.4 Å². The highest BCUT2D eigenvalue weighted by atomic mass is 32.1. The zero-order valence-corrected chi connectivity index (χ0v) is 20.0. The van der Waals surface area contributed by atoms with E-state index in [4.69, 9.17) is 18.6 Å². The average Bonchev–Trinajstić information content (AvgIpc) is 3.39. The van der Waals surface area contributed by atoms with Crippen LogP contribution in [0.15, 0.2) is 39.5 Å². The second-order valence-electron chi connectivity index (χ2n) is 7.81. The lowest BCUT2D eigenvalue weighted by Gasteiger charge is -2.24. The smallest absolute Gasteiger partial charge is 0.297 e. The number of anilines is 1. The number of carbonyl (C=O) groups excluding carboxylic acids is 1. The van der Waals surface area contributed by atoms with Gasteiger partial charge < -0.3 is 18.6 Å². The number of benzene rings is 2. The van der Waals surface area contributed by atoms with E-state index in [9.17, 15) is 9.59 Å². The van der Waals surface area contributed by atoms with Gasteiger partial charge in [0.25, 0.3) is 5.91 Å². The van der Waals surface area contributed by atoms with E-state index >= 15 is 0 Å². The Bertz CT molecular complexity index is 1480. The number of methoxy groups -OCH3 is 3. The third kappa shape index (κ3) is 3.21. The molecule has 1 aliphatic heterocycles. The fourth-order valence-electron chi connectivity index (χ4n) is 4.24. The lowest BCUT2D eigenvalue weighted by molar-refractivity contribution is 0.0970. The number of fused-ring (bicyclic) bond motifs is 2. The van der Waals surface area contributed by atoms with Crippen molar-refractivity contribution in [3.8, 4) is 17.2 Å². The van der Waals surface area contributed by atoms with Crippen LogP contribution in [0.5, 0.6) is 17.2 Å². The van der Waals surface area contributed by atoms with Gasteiger partial charge in [-0.2, -0.15) is 0 Å². The highest BCUT2D eigenvalue weighted by Crippen LogP contribution is 2.46. The topological polar surface area (TPSA) is 104 Å². The van der Waals surface area contributed by atoms with Gasteiger partial charge in [0, 0.05) is 0 Å². The van der Waals surface area contributed by atoms with Crippen molar-refractivity contribution in [2.24, 2.45) is 0 Å². The number of aromatic nitrogens is 2. The van der Waals surface area contributed by atoms with Gasteiger partial charge >= 0.3 is 0 Å². The quantitative estimate of drug-likeness (QED) is 0.423. The largest absolute Gasteiger partial charge is 0.493 e. The zero-order valence-electron chi connectivity index (χ0n) is 19.2. The molecular formula is C24H21N3O6S. The van der Waals surface area contributed by atoms with E-state index in [1.165, 1.54) is 37.6 Å². The molecule has 9 nitrogen and oxygen atoms in total. The Kier molecular flexibility index (Phi) is 5.24. The molecule has 0 fully saturated rings. The standard InChI is InChI=1S/C24H21N3O6S/c1-11-6-7-15-14(8-11)20(28)18-19(13-9-16(30-3)21(32-5)17(10-13)31-4)27(23(29)22(18)33-15)24-26-25-12(2)34-24/h6-10,19H,1-5H3/t19-/m1/s1. The van der Waals surface area contributed by atoms with Crippen molar-refractivity contribution in [2.75, 3.05) is 26.2 Å². The normalized spacial score (nSPS) is 15.0. The second-order valence-corrected chi connectivity index (χ2v) is 8.97. The Balaban J connectivity index is 1.84. The van der Waals surface area contributed by atoms with E-state index in [1.54, 1.807) is 31.2 Å². The van der Waals surface area contributed by atoms with Gasteiger partial charge in [0.2, 0.25) is 16.6 Å². The molecule has 0 saturated carbocycles. The Morgan fingerprint density at radius 2 is 1.68 bits per heavy atom. The minimum absolute atomic E-state index is 0.0204. The van der Waals surface area contributed by atoms with Crippen LogP contribution in [0.25, 0.3) is 11.0 Å². The summed E-state index contributed by atoms with van der Waals surface area (Å²) in [6, 6.07) is 7.90. The number of amides is 1. The van der Waals surface area contributed by atoms with Crippen LogP contribution in [-0.2, 0) is 0 Å². The molecule has 0 aliphatic carbocycles. The molecule has 0 radical (unpaired) electrons. The predicted octanol–water partition coefficient (Wildman–Crippen LogP) is 4.04. The lowest BCUT2D eigenvalue weighted by atomic mass is 9.97. The first kappa shape index (κ1) is 21.9. The first-order chi connectivity index (χ1) is 16.4. The van der Waals surface area contributed by atoms with Gasteiger partial charge in [-0.3, -0.25) is 14.5 Å². The summed E-state index contributed by atoms with van der Waals surface area (Å²) >= 11 is 1.25. The van der Waals surface area contributed by atoms with E-state index in [-0.39, 0.29) is 16.8 Å². The van der Waals surface area contributed by atoms with Crippen molar-refractivity contribution in [1.82, 2.24) is 10.2 Å². The van der Waals surface area contributed by atoms with Crippen LogP contribution in [0.4, 0.5) is 5.13 Å². The molecule has 5 rings (SSSR count). The van der Waals surface area contributed by atoms with Crippen LogP contribution in [0, 0.1) is 13.8 Å². The minimum Gasteiger partial charge on any atom is -0.493 e. The first-order valence-corrected chi connectivity index (χ1v) is 11.2. The predicted molar refractivity (Wildman–Crippen MR) is 127 cm³/mol. The summed E-state index contributed by atoms with van der Waals surface area (Å²) in [6.07, 6.45) is 0. The van der Waals surface area contributed by atoms with Crippen LogP contribution in [0.3, 0.4) is 0 Å². The second kappa shape index (κ2) is 8.14. The highest BCUT2D eigenvalue weighted by Gasteiger charge is 2.45. The summed E-state index contributed by atoms with van der Waals surface area (Å²) in [5, 5.41) is 9.69. The van der Waals surface area contributed by atoms with E-state index < -0.39 is 11.9 Å². The van der Waals surface area contributed by atoms with Crippen molar-refractivity contribution in [2.45, 2.75) is 19.9 Å². The molecule has 2 aromatic heterocycles. The Morgan fingerprint density at radius 1 is 0.971 bits per heavy atom. The summed E-state index contributed by atoms with van der Waals surface area (Å²) in [7, 11) is 4.52. The maximum atomic E-state index is 13.8. The number of aryl methyl sites for hydroxylation is 2. The molecule has 1 atom stereocenters. The fourth-order valence-corrected chi connectivity index (χ4v) is 4.96. The molecule has 34 heavy (non-hydrogen) atoms. The maximum Gasteiger partial charge on any atom is 0.297 e. The number of hydrogen-bond donors (Lipinski definition) is 0. The maximum absolute atomic E-state index is 13.8. The third-order valence-electron chi connectivity index (χ3n) is 5.75. The van der Waals surface area contributed by atoms with Gasteiger partial charge in [-0.25, -0.2) is 0 Å². The van der Waals surface area contributed by atoms with E-state index in [0.29, 0.717) is 43.9 Å². The molecular weight excluding hydrogens is 458 g/mol. The molecule has 4 aromatic rings. The van der Waals surface area contributed by atoms with Crippen LogP contribution in [0.2, 0.25) is 0 Å². The van der Waals surface area contributed by atoms with Crippen molar-refractivity contribution in [1.29, 1.82) is 0 Å². The molecule has 10 heteroatoms. The molecule has 1 aliphatic rings. The Labute approximate surface area is 198 Å². The third-order valence-corrected chi connectivity index (χ3v) is 6.59. The average molecular weight is 480 g/mol. The van der Waals surface area contributed by atoms with E-state index in [2.05, 4.69) is 10.2 Å². The lowest BCUT2D eigenvalue weighted by Crippen LogP contribution is -2.29.